The first-order chi connectivity index (χ1) is 11.1. The molecule has 3 aliphatic heterocycles. The van der Waals surface area contributed by atoms with E-state index in [-0.39, 0.29) is 24.6 Å². The van der Waals surface area contributed by atoms with Crippen LogP contribution in [0, 0.1) is 0 Å². The van der Waals surface area contributed by atoms with Crippen molar-refractivity contribution in [2.45, 2.75) is 57.4 Å². The third-order valence-corrected chi connectivity index (χ3v) is 5.32. The van der Waals surface area contributed by atoms with Gasteiger partial charge in [0.25, 0.3) is 0 Å². The molecule has 5 heterocycles. The first-order valence-electron chi connectivity index (χ1n) is 7.70. The number of nitrogens with zero attached hydrogens (tertiary/aromatic N) is 3. The van der Waals surface area contributed by atoms with Crippen molar-refractivity contribution >= 4 is 11.3 Å². The topological polar surface area (TPSA) is 67.6 Å². The lowest BCUT2D eigenvalue weighted by atomic mass is 10.1. The van der Waals surface area contributed by atoms with Crippen LogP contribution in [-0.2, 0) is 32.1 Å². The molecule has 3 aliphatic rings. The van der Waals surface area contributed by atoms with Gasteiger partial charge in [-0.2, -0.15) is 0 Å². The minimum Gasteiger partial charge on any atom is -0.366 e. The van der Waals surface area contributed by atoms with Crippen molar-refractivity contribution in [3.8, 4) is 10.6 Å². The molecule has 0 aliphatic carbocycles. The third-order valence-electron chi connectivity index (χ3n) is 4.44. The second kappa shape index (κ2) is 4.84. The van der Waals surface area contributed by atoms with Crippen LogP contribution in [0.25, 0.3) is 10.6 Å². The summed E-state index contributed by atoms with van der Waals surface area (Å²) in [6.07, 6.45) is -0.862. The van der Waals surface area contributed by atoms with E-state index >= 15 is 0 Å². The molecule has 5 rings (SSSR count). The summed E-state index contributed by atoms with van der Waals surface area (Å²) in [6, 6.07) is 4.06. The summed E-state index contributed by atoms with van der Waals surface area (Å²) >= 11 is 1.65. The Kier molecular flexibility index (Phi) is 2.96. The van der Waals surface area contributed by atoms with Crippen LogP contribution >= 0.6 is 11.3 Å². The lowest BCUT2D eigenvalue weighted by Gasteiger charge is -2.23. The summed E-state index contributed by atoms with van der Waals surface area (Å²) in [5.41, 5.74) is 1.88. The summed E-state index contributed by atoms with van der Waals surface area (Å²) in [5, 5.41) is 10.6. The Morgan fingerprint density at radius 1 is 1.30 bits per heavy atom. The third kappa shape index (κ3) is 2.17. The highest BCUT2D eigenvalue weighted by Crippen LogP contribution is 2.41. The fraction of sp³-hybridized carbons (Fsp3) is 0.600. The van der Waals surface area contributed by atoms with Crippen molar-refractivity contribution in [2.24, 2.45) is 0 Å². The molecule has 0 spiro atoms. The number of rotatable bonds is 1. The van der Waals surface area contributed by atoms with Gasteiger partial charge in [0.1, 0.15) is 24.0 Å². The van der Waals surface area contributed by atoms with E-state index in [1.54, 1.807) is 11.3 Å². The van der Waals surface area contributed by atoms with Crippen molar-refractivity contribution in [3.63, 3.8) is 0 Å². The van der Waals surface area contributed by atoms with Crippen LogP contribution in [0.3, 0.4) is 0 Å². The van der Waals surface area contributed by atoms with Crippen LogP contribution < -0.4 is 0 Å². The Bertz CT molecular complexity index is 729. The van der Waals surface area contributed by atoms with E-state index < -0.39 is 5.79 Å². The maximum absolute atomic E-state index is 6.13. The van der Waals surface area contributed by atoms with Crippen molar-refractivity contribution < 1.29 is 18.9 Å². The van der Waals surface area contributed by atoms with Gasteiger partial charge in [0.2, 0.25) is 0 Å². The predicted molar refractivity (Wildman–Crippen MR) is 80.6 cm³/mol. The number of fused-ring (bicyclic) bond motifs is 4. The van der Waals surface area contributed by atoms with E-state index in [0.717, 1.165) is 16.3 Å². The highest BCUT2D eigenvalue weighted by atomic mass is 32.1. The molecule has 7 nitrogen and oxygen atoms in total. The van der Waals surface area contributed by atoms with Crippen LogP contribution in [0.2, 0.25) is 0 Å². The Morgan fingerprint density at radius 2 is 2.22 bits per heavy atom. The number of hydrogen-bond donors (Lipinski definition) is 0. The van der Waals surface area contributed by atoms with Crippen LogP contribution in [0.1, 0.15) is 19.5 Å². The second-order valence-corrected chi connectivity index (χ2v) is 7.41. The van der Waals surface area contributed by atoms with Crippen molar-refractivity contribution in [3.05, 3.63) is 23.2 Å². The molecule has 23 heavy (non-hydrogen) atoms. The fourth-order valence-corrected chi connectivity index (χ4v) is 4.20. The van der Waals surface area contributed by atoms with E-state index in [4.69, 9.17) is 18.9 Å². The number of aromatic nitrogens is 3. The monoisotopic (exact) mass is 335 g/mol. The van der Waals surface area contributed by atoms with Gasteiger partial charge in [0.05, 0.1) is 23.7 Å². The SMILES string of the molecule is CC1(C)O[C@H]2O[C@@H]3Cn4nnc(-c5cccs5)c4CO[C@@H]3[C@H]2O1. The molecule has 2 aromatic heterocycles. The van der Waals surface area contributed by atoms with Crippen molar-refractivity contribution in [1.82, 2.24) is 15.0 Å². The minimum absolute atomic E-state index is 0.139. The Labute approximate surface area is 137 Å². The molecule has 2 fully saturated rings. The quantitative estimate of drug-likeness (QED) is 0.791. The standard InChI is InChI=1S/C15H17N3O4S/c1-15(2)21-13-12-9(20-14(13)22-15)6-18-8(7-19-12)11(16-17-18)10-4-3-5-23-10/h3-5,9,12-14H,6-7H2,1-2H3/t9-,12+,13-,14-/m1/s1. The number of ether oxygens (including phenoxy) is 4. The van der Waals surface area contributed by atoms with Gasteiger partial charge in [-0.15, -0.1) is 16.4 Å². The average Bonchev–Trinajstić information content (AvgIpc) is 3.21. The largest absolute Gasteiger partial charge is 0.366 e. The van der Waals surface area contributed by atoms with Gasteiger partial charge in [0, 0.05) is 0 Å². The van der Waals surface area contributed by atoms with Gasteiger partial charge in [-0.1, -0.05) is 11.3 Å². The summed E-state index contributed by atoms with van der Waals surface area (Å²) in [7, 11) is 0. The molecule has 2 saturated heterocycles. The van der Waals surface area contributed by atoms with E-state index in [2.05, 4.69) is 10.3 Å². The van der Waals surface area contributed by atoms with Crippen LogP contribution in [0.5, 0.6) is 0 Å². The van der Waals surface area contributed by atoms with E-state index in [9.17, 15) is 0 Å². The molecule has 122 valence electrons. The zero-order valence-corrected chi connectivity index (χ0v) is 13.7. The number of thiophene rings is 1. The van der Waals surface area contributed by atoms with Crippen molar-refractivity contribution in [2.75, 3.05) is 0 Å². The van der Waals surface area contributed by atoms with Gasteiger partial charge in [-0.3, -0.25) is 0 Å². The molecule has 4 atom stereocenters. The molecular formula is C15H17N3O4S. The van der Waals surface area contributed by atoms with Crippen molar-refractivity contribution in [1.29, 1.82) is 0 Å². The highest BCUT2D eigenvalue weighted by molar-refractivity contribution is 7.13. The summed E-state index contributed by atoms with van der Waals surface area (Å²) in [4.78, 5) is 1.10. The van der Waals surface area contributed by atoms with Crippen LogP contribution in [-0.4, -0.2) is 45.4 Å². The van der Waals surface area contributed by atoms with E-state index in [1.807, 2.05) is 36.0 Å². The average molecular weight is 335 g/mol. The number of hydrogen-bond acceptors (Lipinski definition) is 7. The minimum atomic E-state index is -0.632. The fourth-order valence-electron chi connectivity index (χ4n) is 3.47. The Morgan fingerprint density at radius 3 is 3.04 bits per heavy atom. The predicted octanol–water partition coefficient (Wildman–Crippen LogP) is 1.78. The second-order valence-electron chi connectivity index (χ2n) is 6.46. The summed E-state index contributed by atoms with van der Waals surface area (Å²) in [6.45, 7) is 4.82. The smallest absolute Gasteiger partial charge is 0.190 e. The van der Waals surface area contributed by atoms with Crippen LogP contribution in [0.15, 0.2) is 17.5 Å². The molecule has 0 N–H and O–H groups in total. The Hall–Kier alpha value is -1.32. The molecule has 0 amide bonds. The molecular weight excluding hydrogens is 318 g/mol. The molecule has 0 unspecified atom stereocenters. The maximum atomic E-state index is 6.13. The lowest BCUT2D eigenvalue weighted by molar-refractivity contribution is -0.219. The van der Waals surface area contributed by atoms with Gasteiger partial charge in [-0.25, -0.2) is 4.68 Å². The summed E-state index contributed by atoms with van der Waals surface area (Å²) in [5.74, 6) is -0.632. The molecule has 0 aromatic carbocycles. The van der Waals surface area contributed by atoms with Crippen LogP contribution in [0.4, 0.5) is 0 Å². The zero-order valence-electron chi connectivity index (χ0n) is 12.8. The summed E-state index contributed by atoms with van der Waals surface area (Å²) < 4.78 is 25.8. The zero-order chi connectivity index (χ0) is 15.6. The van der Waals surface area contributed by atoms with Gasteiger partial charge in [-0.05, 0) is 25.3 Å². The van der Waals surface area contributed by atoms with Gasteiger partial charge in [0.15, 0.2) is 12.1 Å². The molecule has 0 radical (unpaired) electrons. The molecule has 0 saturated carbocycles. The highest BCUT2D eigenvalue weighted by Gasteiger charge is 2.56. The lowest BCUT2D eigenvalue weighted by Crippen LogP contribution is -2.37. The molecule has 0 bridgehead atoms. The van der Waals surface area contributed by atoms with E-state index in [0.29, 0.717) is 13.2 Å². The first-order valence-corrected chi connectivity index (χ1v) is 8.58. The van der Waals surface area contributed by atoms with Gasteiger partial charge < -0.3 is 18.9 Å². The maximum Gasteiger partial charge on any atom is 0.190 e. The van der Waals surface area contributed by atoms with Gasteiger partial charge >= 0.3 is 0 Å². The Balaban J connectivity index is 1.44. The first kappa shape index (κ1) is 14.1. The molecule has 2 aromatic rings. The normalized spacial score (nSPS) is 34.7. The molecule has 8 heteroatoms. The van der Waals surface area contributed by atoms with E-state index in [1.165, 1.54) is 0 Å².